The number of amides is 1. The van der Waals surface area contributed by atoms with Crippen LogP contribution in [0.4, 0.5) is 4.79 Å². The molecule has 16 nitrogen and oxygen atoms in total. The van der Waals surface area contributed by atoms with Gasteiger partial charge in [-0.2, -0.15) is 0 Å². The molecule has 330 valence electrons. The summed E-state index contributed by atoms with van der Waals surface area (Å²) in [5.41, 5.74) is -11.7. The number of thioether (sulfide) groups is 1. The zero-order valence-electron chi connectivity index (χ0n) is 35.2. The predicted octanol–water partition coefficient (Wildman–Crippen LogP) is 4.29. The molecule has 1 amide bonds. The molecule has 7 rings (SSSR count). The number of carbonyl (C=O) groups excluding carboxylic acids is 6. The number of aliphatic hydroxyl groups is 3. The Kier molecular flexibility index (Phi) is 11.4. The maximum atomic E-state index is 15.7. The van der Waals surface area contributed by atoms with E-state index in [1.807, 2.05) is 6.92 Å². The van der Waals surface area contributed by atoms with Crippen LogP contribution in [0, 0.1) is 16.2 Å². The van der Waals surface area contributed by atoms with Gasteiger partial charge in [0.2, 0.25) is 0 Å². The van der Waals surface area contributed by atoms with Gasteiger partial charge in [0.25, 0.3) is 5.24 Å². The van der Waals surface area contributed by atoms with Crippen LogP contribution in [0.2, 0.25) is 0 Å². The lowest BCUT2D eigenvalue weighted by atomic mass is 9.44. The third-order valence-electron chi connectivity index (χ3n) is 14.1. The standard InChI is InChI=1S/C44H53NO15S/c1-8-9-18-61-38(53)45-32(27-16-13-17-55-27)33(49)37(52)58-28-20-43(54)39(5,6)31(23(28)2)34(57-24(3)46)35(50)40(7)29(48)19-30-41(22-56-30,59-25(4)47)42(40)21-44(42,43)60-36(51)26-14-11-10-12-15-26/h10-17,28-30,32-34,48-49,54H,8-9,18-22H2,1-7H3,(H,45,53)/t28-,29-,30+,32-,33+,34+,40-,41-,42-,43-,44?/m0/s1. The molecule has 61 heavy (non-hydrogen) atoms. The zero-order valence-corrected chi connectivity index (χ0v) is 36.0. The zero-order chi connectivity index (χ0) is 44.5. The second-order valence-electron chi connectivity index (χ2n) is 17.5. The molecule has 4 fully saturated rings. The first-order valence-corrected chi connectivity index (χ1v) is 21.5. The molecule has 1 saturated heterocycles. The Labute approximate surface area is 357 Å². The van der Waals surface area contributed by atoms with Gasteiger partial charge in [-0.15, -0.1) is 0 Å². The summed E-state index contributed by atoms with van der Waals surface area (Å²) >= 11 is 0.967. The van der Waals surface area contributed by atoms with E-state index in [4.69, 9.17) is 28.1 Å². The fourth-order valence-corrected chi connectivity index (χ4v) is 11.9. The molecule has 2 bridgehead atoms. The summed E-state index contributed by atoms with van der Waals surface area (Å²) in [5.74, 6) is -4.11. The SMILES string of the molecule is CCCCSC(=O)N[C@@H](c1ccco1)[C@@H](O)C(=O)O[C@H]1C[C@]2(O)C(C)(C)C(=C1C)[C@@H](OC(C)=O)C(=O)[C@]1(C)[C@@H](O)C[C@H]3OC[C@@]3(OC(C)=O)[C@]13CC23OC(=O)c1ccccc1. The Bertz CT molecular complexity index is 2140. The third-order valence-corrected chi connectivity index (χ3v) is 15.0. The van der Waals surface area contributed by atoms with Crippen molar-refractivity contribution in [1.29, 1.82) is 0 Å². The molecule has 1 spiro atoms. The number of aliphatic hydroxyl groups excluding tert-OH is 2. The van der Waals surface area contributed by atoms with Crippen LogP contribution in [0.25, 0.3) is 0 Å². The van der Waals surface area contributed by atoms with Crippen LogP contribution in [0.3, 0.4) is 0 Å². The number of Topliss-reactive ketones (excluding diaryl/α,β-unsaturated/α-hetero) is 1. The second kappa shape index (κ2) is 15.7. The van der Waals surface area contributed by atoms with E-state index in [-0.39, 0.29) is 41.9 Å². The smallest absolute Gasteiger partial charge is 0.338 e. The summed E-state index contributed by atoms with van der Waals surface area (Å²) in [6.45, 7) is 10.1. The van der Waals surface area contributed by atoms with E-state index in [2.05, 4.69) is 5.32 Å². The topological polar surface area (TPSA) is 234 Å². The molecule has 2 heterocycles. The number of fused-ring (bicyclic) bond motifs is 4. The summed E-state index contributed by atoms with van der Waals surface area (Å²) in [6.07, 6.45) is -6.13. The van der Waals surface area contributed by atoms with E-state index in [0.717, 1.165) is 31.5 Å². The van der Waals surface area contributed by atoms with Crippen molar-refractivity contribution >= 4 is 46.7 Å². The van der Waals surface area contributed by atoms with Gasteiger partial charge in [-0.1, -0.05) is 57.2 Å². The first kappa shape index (κ1) is 44.5. The number of unbranched alkanes of at least 4 members (excludes halogenated alkanes) is 1. The largest absolute Gasteiger partial charge is 0.467 e. The van der Waals surface area contributed by atoms with Crippen LogP contribution in [-0.2, 0) is 42.9 Å². The van der Waals surface area contributed by atoms with E-state index >= 15 is 4.79 Å². The lowest BCUT2D eigenvalue weighted by molar-refractivity contribution is -0.349. The van der Waals surface area contributed by atoms with Gasteiger partial charge in [-0.3, -0.25) is 19.2 Å². The highest BCUT2D eigenvalue weighted by Gasteiger charge is 2.99. The molecule has 1 aliphatic heterocycles. The van der Waals surface area contributed by atoms with Gasteiger partial charge in [0.15, 0.2) is 29.2 Å². The molecule has 17 heteroatoms. The molecular formula is C44H53NO15S. The highest BCUT2D eigenvalue weighted by molar-refractivity contribution is 8.13. The molecule has 5 aliphatic rings. The quantitative estimate of drug-likeness (QED) is 0.101. The Hall–Kier alpha value is -4.55. The number of esters is 4. The van der Waals surface area contributed by atoms with Crippen LogP contribution in [-0.4, -0.2) is 110 Å². The first-order valence-electron chi connectivity index (χ1n) is 20.5. The summed E-state index contributed by atoms with van der Waals surface area (Å²) in [6, 6.07) is 9.48. The van der Waals surface area contributed by atoms with Gasteiger partial charge >= 0.3 is 23.9 Å². The van der Waals surface area contributed by atoms with Gasteiger partial charge in [-0.05, 0) is 55.7 Å². The average Bonchev–Trinajstić information content (AvgIpc) is 3.57. The van der Waals surface area contributed by atoms with Gasteiger partial charge in [0.1, 0.15) is 29.6 Å². The predicted molar refractivity (Wildman–Crippen MR) is 214 cm³/mol. The number of hydrogen-bond acceptors (Lipinski definition) is 16. The first-order chi connectivity index (χ1) is 28.7. The lowest BCUT2D eigenvalue weighted by Crippen LogP contribution is -2.82. The number of rotatable bonds is 12. The van der Waals surface area contributed by atoms with E-state index in [1.165, 1.54) is 51.3 Å². The number of ether oxygens (including phenoxy) is 5. The fourth-order valence-electron chi connectivity index (χ4n) is 11.1. The van der Waals surface area contributed by atoms with Crippen molar-refractivity contribution in [3.63, 3.8) is 0 Å². The molecule has 1 aromatic heterocycles. The van der Waals surface area contributed by atoms with Gasteiger partial charge in [-0.25, -0.2) is 9.59 Å². The number of benzene rings is 1. The average molecular weight is 868 g/mol. The second-order valence-corrected chi connectivity index (χ2v) is 18.6. The molecule has 2 aromatic rings. The molecule has 1 unspecified atom stereocenters. The fraction of sp³-hybridized carbons (Fsp3) is 0.591. The van der Waals surface area contributed by atoms with Crippen molar-refractivity contribution in [2.45, 2.75) is 134 Å². The normalized spacial score (nSPS) is 35.3. The number of ketones is 1. The van der Waals surface area contributed by atoms with Crippen molar-refractivity contribution in [2.75, 3.05) is 12.4 Å². The van der Waals surface area contributed by atoms with Crippen LogP contribution in [0.15, 0.2) is 64.3 Å². The highest BCUT2D eigenvalue weighted by Crippen LogP contribution is 2.85. The molecule has 11 atom stereocenters. The Morgan fingerprint density at radius 1 is 1.00 bits per heavy atom. The summed E-state index contributed by atoms with van der Waals surface area (Å²) in [7, 11) is 0. The number of hydrogen-bond donors (Lipinski definition) is 4. The maximum Gasteiger partial charge on any atom is 0.338 e. The molecule has 4 N–H and O–H groups in total. The lowest BCUT2D eigenvalue weighted by Gasteiger charge is -2.67. The van der Waals surface area contributed by atoms with E-state index < -0.39 is 111 Å². The van der Waals surface area contributed by atoms with Gasteiger partial charge in [0.05, 0.1) is 35.4 Å². The van der Waals surface area contributed by atoms with Crippen molar-refractivity contribution in [1.82, 2.24) is 5.32 Å². The number of carbonyl (C=O) groups is 6. The van der Waals surface area contributed by atoms with Crippen molar-refractivity contribution in [3.05, 3.63) is 71.2 Å². The highest BCUT2D eigenvalue weighted by atomic mass is 32.2. The van der Waals surface area contributed by atoms with Crippen molar-refractivity contribution < 1.29 is 72.2 Å². The van der Waals surface area contributed by atoms with E-state index in [1.54, 1.807) is 32.0 Å². The van der Waals surface area contributed by atoms with Crippen LogP contribution in [0.1, 0.15) is 103 Å². The molecule has 0 radical (unpaired) electrons. The Morgan fingerprint density at radius 2 is 1.70 bits per heavy atom. The van der Waals surface area contributed by atoms with Crippen LogP contribution >= 0.6 is 11.8 Å². The monoisotopic (exact) mass is 867 g/mol. The van der Waals surface area contributed by atoms with E-state index in [9.17, 15) is 39.3 Å². The molecule has 4 aliphatic carbocycles. The van der Waals surface area contributed by atoms with Crippen molar-refractivity contribution in [2.24, 2.45) is 16.2 Å². The van der Waals surface area contributed by atoms with Crippen LogP contribution in [0.5, 0.6) is 0 Å². The third kappa shape index (κ3) is 6.39. The van der Waals surface area contributed by atoms with Gasteiger partial charge < -0.3 is 48.7 Å². The van der Waals surface area contributed by atoms with Gasteiger partial charge in [0, 0.05) is 44.3 Å². The number of furan rings is 1. The minimum atomic E-state index is -2.38. The molecule has 1 aromatic carbocycles. The number of nitrogens with one attached hydrogen (secondary N) is 1. The van der Waals surface area contributed by atoms with Crippen molar-refractivity contribution in [3.8, 4) is 0 Å². The van der Waals surface area contributed by atoms with E-state index in [0.29, 0.717) is 5.75 Å². The maximum absolute atomic E-state index is 15.7. The molecule has 3 saturated carbocycles. The summed E-state index contributed by atoms with van der Waals surface area (Å²) < 4.78 is 36.2. The summed E-state index contributed by atoms with van der Waals surface area (Å²) in [4.78, 5) is 83.4. The summed E-state index contributed by atoms with van der Waals surface area (Å²) in [5, 5.41) is 39.8. The Balaban J connectivity index is 1.41. The van der Waals surface area contributed by atoms with Crippen LogP contribution < -0.4 is 5.32 Å². The molecular weight excluding hydrogens is 815 g/mol. The minimum Gasteiger partial charge on any atom is -0.467 e. The Morgan fingerprint density at radius 3 is 2.30 bits per heavy atom. The minimum absolute atomic E-state index is 0.00882.